The third kappa shape index (κ3) is 4.22. The van der Waals surface area contributed by atoms with Crippen LogP contribution in [0, 0.1) is 0 Å². The monoisotopic (exact) mass is 676 g/mol. The summed E-state index contributed by atoms with van der Waals surface area (Å²) in [7, 11) is 0. The van der Waals surface area contributed by atoms with E-state index >= 15 is 0 Å². The Balaban J connectivity index is 1.42. The molecule has 0 aliphatic rings. The Morgan fingerprint density at radius 1 is 0.333 bits per heavy atom. The second kappa shape index (κ2) is 10.9. The Morgan fingerprint density at radius 3 is 1.61 bits per heavy atom. The van der Waals surface area contributed by atoms with Crippen LogP contribution in [0.5, 0.6) is 0 Å². The van der Waals surface area contributed by atoms with E-state index in [9.17, 15) is 17.8 Å². The highest BCUT2D eigenvalue weighted by atomic mass is 16.3. The zero-order valence-corrected chi connectivity index (χ0v) is 25.4. The van der Waals surface area contributed by atoms with Crippen molar-refractivity contribution in [2.45, 2.75) is 0 Å². The molecule has 0 atom stereocenters. The van der Waals surface area contributed by atoms with Gasteiger partial charge >= 0.3 is 0 Å². The van der Waals surface area contributed by atoms with E-state index in [4.69, 9.17) is 27.7 Å². The molecule has 0 aliphatic carbocycles. The van der Waals surface area contributed by atoms with Crippen LogP contribution in [0.25, 0.3) is 109 Å². The van der Waals surface area contributed by atoms with E-state index < -0.39 is 290 Å². The molecule has 0 fully saturated rings. The Bertz CT molecular complexity index is 4850. The minimum absolute atomic E-state index is 0.481. The Morgan fingerprint density at radius 2 is 0.863 bits per heavy atom. The second-order valence-corrected chi connectivity index (χ2v) is 11.3. The highest BCUT2D eigenvalue weighted by Gasteiger charge is 2.21. The third-order valence-electron chi connectivity index (χ3n) is 8.56. The van der Waals surface area contributed by atoms with Crippen LogP contribution < -0.4 is 0 Å². The first-order valence-corrected chi connectivity index (χ1v) is 15.2. The van der Waals surface area contributed by atoms with Gasteiger partial charge in [0.1, 0.15) is 11.2 Å². The molecule has 1 nitrogen and oxygen atoms in total. The molecule has 11 aromatic rings. The Hall–Kier alpha value is -6.70. The van der Waals surface area contributed by atoms with Gasteiger partial charge in [0.05, 0.1) is 41.1 Å². The van der Waals surface area contributed by atoms with Crippen molar-refractivity contribution in [3.63, 3.8) is 0 Å². The molecule has 10 aromatic carbocycles. The predicted molar refractivity (Wildman–Crippen MR) is 218 cm³/mol. The number of benzene rings is 10. The summed E-state index contributed by atoms with van der Waals surface area (Å²) in [5, 5.41) is -7.62. The molecule has 0 unspecified atom stereocenters. The fourth-order valence-corrected chi connectivity index (χ4v) is 6.41. The minimum atomic E-state index is -1.14. The third-order valence-corrected chi connectivity index (χ3v) is 8.56. The van der Waals surface area contributed by atoms with Gasteiger partial charge < -0.3 is 4.42 Å². The minimum Gasteiger partial charge on any atom is -0.455 e. The summed E-state index contributed by atoms with van der Waals surface area (Å²) in [6.07, 6.45) is 0. The summed E-state index contributed by atoms with van der Waals surface area (Å²) >= 11 is 0. The maximum atomic E-state index is 9.99. The van der Waals surface area contributed by atoms with Crippen LogP contribution >= 0.6 is 0 Å². The van der Waals surface area contributed by atoms with Crippen LogP contribution in [-0.4, -0.2) is 0 Å². The van der Waals surface area contributed by atoms with E-state index in [1.807, 2.05) is 0 Å². The average Bonchev–Trinajstić information content (AvgIpc) is 4.11. The summed E-state index contributed by atoms with van der Waals surface area (Å²) < 4.78 is 279. The highest BCUT2D eigenvalue weighted by molar-refractivity contribution is 6.27. The van der Waals surface area contributed by atoms with Gasteiger partial charge in [-0.2, -0.15) is 0 Å². The molecule has 1 aromatic heterocycles. The lowest BCUT2D eigenvalue weighted by atomic mass is 9.84. The first kappa shape index (κ1) is 11.7. The summed E-state index contributed by atoms with van der Waals surface area (Å²) in [6.45, 7) is 0. The molecule has 0 saturated heterocycles. The highest BCUT2D eigenvalue weighted by Crippen LogP contribution is 2.48. The van der Waals surface area contributed by atoms with E-state index in [0.29, 0.717) is 0 Å². The lowest BCUT2D eigenvalue weighted by molar-refractivity contribution is 0.673. The van der Waals surface area contributed by atoms with Gasteiger partial charge in [-0.15, -0.1) is 0 Å². The molecule has 1 heteroatoms. The maximum absolute atomic E-state index is 9.99. The van der Waals surface area contributed by atoms with Crippen molar-refractivity contribution < 1.29 is 45.5 Å². The van der Waals surface area contributed by atoms with Crippen LogP contribution in [0.1, 0.15) is 41.1 Å². The van der Waals surface area contributed by atoms with E-state index in [1.54, 1.807) is 0 Å². The van der Waals surface area contributed by atoms with Crippen molar-refractivity contribution in [3.8, 4) is 33.4 Å². The Kier molecular flexibility index (Phi) is 2.50. The molecule has 51 heavy (non-hydrogen) atoms. The van der Waals surface area contributed by atoms with E-state index in [2.05, 4.69) is 0 Å². The molecule has 0 spiro atoms. The van der Waals surface area contributed by atoms with Gasteiger partial charge in [-0.05, 0) is 106 Å². The molecule has 236 valence electrons. The van der Waals surface area contributed by atoms with Crippen LogP contribution in [0.15, 0.2) is 186 Å². The molecule has 0 amide bonds. The first-order chi connectivity index (χ1) is 37.8. The molecule has 0 radical (unpaired) electrons. The van der Waals surface area contributed by atoms with Crippen LogP contribution in [0.4, 0.5) is 0 Å². The summed E-state index contributed by atoms with van der Waals surface area (Å²) in [4.78, 5) is 0. The smallest absolute Gasteiger partial charge is 0.143 e. The molecule has 0 saturated carbocycles. The maximum Gasteiger partial charge on any atom is 0.143 e. The van der Waals surface area contributed by atoms with Crippen molar-refractivity contribution >= 4 is 75.8 Å². The zero-order chi connectivity index (χ0) is 59.6. The standard InChI is InChI=1S/C50H30O/c1-3-15-37-31(11-1)23-24-33-25-26-35(30-45(33)37)34-13-9-14-36(29-34)47-39-17-5-7-19-41(39)48(42-20-8-6-18-40(42)47)43-21-10-22-46-49(43)44-28-27-32-12-2-4-16-38(32)50(44)51-46/h1-30H/i1D,2D,3D,4D,5D,6D,7D,8D,9D,10D,11D,12D,13D,14D,15D,16D,17D,18D,19D,20D,21D,22D,23D,24D,25D,26D,27D,28D,29D,30D. The summed E-state index contributed by atoms with van der Waals surface area (Å²) in [6, 6.07) is -28.4. The normalized spacial score (nSPS) is 20.2. The van der Waals surface area contributed by atoms with Crippen molar-refractivity contribution in [1.82, 2.24) is 0 Å². The van der Waals surface area contributed by atoms with Crippen molar-refractivity contribution in [3.05, 3.63) is 181 Å². The fourth-order valence-electron chi connectivity index (χ4n) is 6.41. The zero-order valence-electron chi connectivity index (χ0n) is 55.4. The van der Waals surface area contributed by atoms with Gasteiger partial charge in [0.2, 0.25) is 0 Å². The van der Waals surface area contributed by atoms with Gasteiger partial charge in [-0.25, -0.2) is 0 Å². The van der Waals surface area contributed by atoms with Gasteiger partial charge in [-0.3, -0.25) is 0 Å². The average molecular weight is 677 g/mol. The largest absolute Gasteiger partial charge is 0.455 e. The van der Waals surface area contributed by atoms with E-state index in [-0.39, 0.29) is 0 Å². The first-order valence-electron chi connectivity index (χ1n) is 30.2. The summed E-state index contributed by atoms with van der Waals surface area (Å²) in [5.74, 6) is 0. The molecule has 0 N–H and O–H groups in total. The van der Waals surface area contributed by atoms with Gasteiger partial charge in [0, 0.05) is 16.2 Å². The Labute approximate surface area is 336 Å². The fraction of sp³-hybridized carbons (Fsp3) is 0. The number of hydrogen-bond acceptors (Lipinski definition) is 1. The lowest BCUT2D eigenvalue weighted by Crippen LogP contribution is -1.91. The molecule has 0 bridgehead atoms. The van der Waals surface area contributed by atoms with Crippen molar-refractivity contribution in [2.75, 3.05) is 0 Å². The van der Waals surface area contributed by atoms with Gasteiger partial charge in [-0.1, -0.05) is 157 Å². The second-order valence-electron chi connectivity index (χ2n) is 11.3. The van der Waals surface area contributed by atoms with Gasteiger partial charge in [0.25, 0.3) is 0 Å². The molecular weight excluding hydrogens is 617 g/mol. The number of fused-ring (bicyclic) bond motifs is 10. The molecule has 1 heterocycles. The number of furan rings is 1. The van der Waals surface area contributed by atoms with Crippen molar-refractivity contribution in [2.24, 2.45) is 0 Å². The number of hydrogen-bond donors (Lipinski definition) is 0. The quantitative estimate of drug-likeness (QED) is 0.134. The van der Waals surface area contributed by atoms with E-state index in [0.717, 1.165) is 0 Å². The predicted octanol–water partition coefficient (Wildman–Crippen LogP) is 14.4. The van der Waals surface area contributed by atoms with Crippen molar-refractivity contribution in [1.29, 1.82) is 0 Å². The molecule has 11 rings (SSSR count). The molecule has 0 aliphatic heterocycles. The lowest BCUT2D eigenvalue weighted by Gasteiger charge is -2.18. The molecular formula is C50H30O. The summed E-state index contributed by atoms with van der Waals surface area (Å²) in [5.41, 5.74) is -6.27. The van der Waals surface area contributed by atoms with Gasteiger partial charge in [0.15, 0.2) is 0 Å². The van der Waals surface area contributed by atoms with Crippen LogP contribution in [-0.2, 0) is 0 Å². The number of rotatable bonds is 3. The van der Waals surface area contributed by atoms with Crippen LogP contribution in [0.2, 0.25) is 0 Å². The topological polar surface area (TPSA) is 13.1 Å². The van der Waals surface area contributed by atoms with E-state index in [1.165, 1.54) is 0 Å². The van der Waals surface area contributed by atoms with Crippen LogP contribution in [0.3, 0.4) is 0 Å². The SMILES string of the molecule is [2H]c1c([2H])c(-c2c([2H])c([2H])c3c([2H])c([2H])c4c([2H])c([2H])c([2H])c([2H])c4c3c2[2H])c([2H])c(-c2c3c([2H])c([2H])c([2H])c([2H])c3c(-c3c([2H])c([2H])c([2H])c4oc5c6c([2H])c([2H])c([2H])c([2H])c6c([2H])c([2H])c5c34)c3c([2H])c([2H])c([2H])c([2H])c23)c1[2H].